The van der Waals surface area contributed by atoms with Gasteiger partial charge in [-0.15, -0.1) is 0 Å². The van der Waals surface area contributed by atoms with E-state index in [2.05, 4.69) is 21.3 Å². The lowest BCUT2D eigenvalue weighted by Gasteiger charge is -2.31. The Labute approximate surface area is 374 Å². The lowest BCUT2D eigenvalue weighted by atomic mass is 10.0. The van der Waals surface area contributed by atoms with Crippen molar-refractivity contribution in [2.45, 2.75) is 143 Å². The molecule has 0 unspecified atom stereocenters. The molecule has 63 heavy (non-hydrogen) atoms. The maximum atomic E-state index is 14.2. The quantitative estimate of drug-likeness (QED) is 0.0559. The smallest absolute Gasteiger partial charge is 0.407 e. The van der Waals surface area contributed by atoms with Crippen molar-refractivity contribution < 1.29 is 47.7 Å². The summed E-state index contributed by atoms with van der Waals surface area (Å²) < 4.78 is 22.7. The number of alkyl carbamates (subject to hydrolysis) is 1. The SMILES string of the molecule is CCCCN(C[C@H](CNC(=O)[C@H](CCCCNC(=O)OCc1ccccc1)NC(=O)N(C)C)C(=O)OC(C)(C)C)C(=O)N[C@@H](Cc1ccc(OC(C)(C)C)cc1)C(=O)OC(C)(C)C. The van der Waals surface area contributed by atoms with E-state index in [0.717, 1.165) is 17.5 Å². The standard InChI is InChI=1S/C47H74N6O10/c1-13-14-28-53(43(58)51-38(41(56)63-47(8,9)10)29-33-23-25-36(26-24-33)61-45(2,3)4)31-35(40(55)62-46(5,6)7)30-49-39(54)37(50-42(57)52(11)12)22-18-19-27-48-44(59)60-32-34-20-16-15-17-21-34/h15-17,20-21,23-26,35,37-38H,13-14,18-19,22,27-32H2,1-12H3,(H,48,59)(H,49,54)(H,50,57)(H,51,58)/t35-,37-,38-/m0/s1. The average Bonchev–Trinajstić information content (AvgIpc) is 3.17. The number of carbonyl (C=O) groups is 6. The molecule has 0 bridgehead atoms. The van der Waals surface area contributed by atoms with E-state index in [1.54, 1.807) is 55.6 Å². The van der Waals surface area contributed by atoms with E-state index in [0.29, 0.717) is 25.0 Å². The zero-order valence-electron chi connectivity index (χ0n) is 39.7. The number of amides is 6. The van der Waals surface area contributed by atoms with Gasteiger partial charge < -0.3 is 50.0 Å². The maximum Gasteiger partial charge on any atom is 0.407 e. The predicted molar refractivity (Wildman–Crippen MR) is 242 cm³/mol. The third-order valence-corrected chi connectivity index (χ3v) is 8.97. The number of esters is 2. The topological polar surface area (TPSA) is 194 Å². The molecular weight excluding hydrogens is 809 g/mol. The molecule has 0 aromatic heterocycles. The van der Waals surface area contributed by atoms with Gasteiger partial charge in [0.05, 0.1) is 5.92 Å². The van der Waals surface area contributed by atoms with Gasteiger partial charge in [0, 0.05) is 46.7 Å². The van der Waals surface area contributed by atoms with Crippen LogP contribution in [-0.2, 0) is 41.6 Å². The van der Waals surface area contributed by atoms with Crippen LogP contribution in [0.2, 0.25) is 0 Å². The van der Waals surface area contributed by atoms with Crippen LogP contribution in [0.15, 0.2) is 54.6 Å². The van der Waals surface area contributed by atoms with Gasteiger partial charge in [-0.3, -0.25) is 9.59 Å². The second-order valence-corrected chi connectivity index (χ2v) is 18.8. The Morgan fingerprint density at radius 2 is 1.27 bits per heavy atom. The van der Waals surface area contributed by atoms with E-state index in [1.165, 1.54) is 9.80 Å². The number of nitrogens with zero attached hydrogens (tertiary/aromatic N) is 2. The molecule has 2 aromatic carbocycles. The van der Waals surface area contributed by atoms with Crippen LogP contribution in [0.5, 0.6) is 5.75 Å². The maximum absolute atomic E-state index is 14.2. The molecule has 16 nitrogen and oxygen atoms in total. The van der Waals surface area contributed by atoms with Crippen LogP contribution in [-0.4, -0.2) is 115 Å². The molecular formula is C47H74N6O10. The molecule has 2 aromatic rings. The summed E-state index contributed by atoms with van der Waals surface area (Å²) >= 11 is 0. The fraction of sp³-hybridized carbons (Fsp3) is 0.617. The van der Waals surface area contributed by atoms with E-state index in [-0.39, 0.29) is 45.6 Å². The van der Waals surface area contributed by atoms with Crippen LogP contribution in [0.3, 0.4) is 0 Å². The largest absolute Gasteiger partial charge is 0.488 e. The summed E-state index contributed by atoms with van der Waals surface area (Å²) in [7, 11) is 3.10. The third-order valence-electron chi connectivity index (χ3n) is 8.97. The molecule has 0 radical (unpaired) electrons. The number of unbranched alkanes of at least 4 members (excludes halogenated alkanes) is 2. The number of ether oxygens (including phenoxy) is 4. The Balaban J connectivity index is 2.25. The highest BCUT2D eigenvalue weighted by molar-refractivity contribution is 5.87. The van der Waals surface area contributed by atoms with Crippen molar-refractivity contribution in [3.63, 3.8) is 0 Å². The molecule has 0 fully saturated rings. The number of rotatable bonds is 22. The summed E-state index contributed by atoms with van der Waals surface area (Å²) in [4.78, 5) is 83.0. The van der Waals surface area contributed by atoms with Crippen molar-refractivity contribution in [1.29, 1.82) is 0 Å². The van der Waals surface area contributed by atoms with Crippen molar-refractivity contribution >= 4 is 36.0 Å². The minimum atomic E-state index is -1.08. The highest BCUT2D eigenvalue weighted by Gasteiger charge is 2.33. The van der Waals surface area contributed by atoms with E-state index < -0.39 is 70.8 Å². The number of benzene rings is 2. The highest BCUT2D eigenvalue weighted by atomic mass is 16.6. The molecule has 16 heteroatoms. The number of nitrogens with one attached hydrogen (secondary N) is 4. The molecule has 0 spiro atoms. The van der Waals surface area contributed by atoms with Crippen LogP contribution in [0, 0.1) is 5.92 Å². The van der Waals surface area contributed by atoms with Gasteiger partial charge >= 0.3 is 30.1 Å². The fourth-order valence-electron chi connectivity index (χ4n) is 5.92. The first-order valence-electron chi connectivity index (χ1n) is 21.8. The Hall–Kier alpha value is -5.54. The summed E-state index contributed by atoms with van der Waals surface area (Å²) in [5, 5.41) is 11.1. The van der Waals surface area contributed by atoms with Gasteiger partial charge in [0.25, 0.3) is 0 Å². The zero-order valence-corrected chi connectivity index (χ0v) is 39.7. The summed E-state index contributed by atoms with van der Waals surface area (Å²) in [5.41, 5.74) is -0.494. The minimum Gasteiger partial charge on any atom is -0.488 e. The van der Waals surface area contributed by atoms with Gasteiger partial charge in [-0.2, -0.15) is 0 Å². The first-order chi connectivity index (χ1) is 29.4. The first kappa shape index (κ1) is 53.6. The lowest BCUT2D eigenvalue weighted by molar-refractivity contribution is -0.161. The Morgan fingerprint density at radius 3 is 1.84 bits per heavy atom. The van der Waals surface area contributed by atoms with Gasteiger partial charge in [0.2, 0.25) is 5.91 Å². The van der Waals surface area contributed by atoms with Crippen molar-refractivity contribution in [1.82, 2.24) is 31.1 Å². The van der Waals surface area contributed by atoms with Gasteiger partial charge in [0.1, 0.15) is 41.2 Å². The summed E-state index contributed by atoms with van der Waals surface area (Å²) in [5.74, 6) is -2.17. The Morgan fingerprint density at radius 1 is 0.667 bits per heavy atom. The van der Waals surface area contributed by atoms with E-state index in [9.17, 15) is 28.8 Å². The molecule has 3 atom stereocenters. The number of urea groups is 2. The Kier molecular flexibility index (Phi) is 21.7. The molecule has 0 aliphatic rings. The number of hydrogen-bond donors (Lipinski definition) is 4. The van der Waals surface area contributed by atoms with Crippen LogP contribution in [0.25, 0.3) is 0 Å². The summed E-state index contributed by atoms with van der Waals surface area (Å²) in [6, 6.07) is 13.4. The van der Waals surface area contributed by atoms with Crippen molar-refractivity contribution in [2.75, 3.05) is 40.3 Å². The lowest BCUT2D eigenvalue weighted by Crippen LogP contribution is -2.54. The number of carbonyl (C=O) groups excluding carboxylic acids is 6. The van der Waals surface area contributed by atoms with Crippen LogP contribution < -0.4 is 26.0 Å². The van der Waals surface area contributed by atoms with Crippen molar-refractivity contribution in [3.8, 4) is 5.75 Å². The highest BCUT2D eigenvalue weighted by Crippen LogP contribution is 2.21. The third kappa shape index (κ3) is 22.9. The molecule has 352 valence electrons. The van der Waals surface area contributed by atoms with Gasteiger partial charge in [-0.05, 0) is 111 Å². The van der Waals surface area contributed by atoms with Gasteiger partial charge in [0.15, 0.2) is 0 Å². The van der Waals surface area contributed by atoms with Crippen molar-refractivity contribution in [3.05, 3.63) is 65.7 Å². The molecule has 2 rings (SSSR count). The molecule has 0 saturated carbocycles. The molecule has 4 N–H and O–H groups in total. The average molecular weight is 883 g/mol. The second kappa shape index (κ2) is 25.5. The normalized spacial score (nSPS) is 13.0. The number of hydrogen-bond acceptors (Lipinski definition) is 10. The second-order valence-electron chi connectivity index (χ2n) is 18.8. The fourth-order valence-corrected chi connectivity index (χ4v) is 5.92. The monoisotopic (exact) mass is 883 g/mol. The van der Waals surface area contributed by atoms with E-state index in [4.69, 9.17) is 18.9 Å². The van der Waals surface area contributed by atoms with Crippen LogP contribution in [0.4, 0.5) is 14.4 Å². The summed E-state index contributed by atoms with van der Waals surface area (Å²) in [6.07, 6.45) is 2.05. The molecule has 0 heterocycles. The first-order valence-corrected chi connectivity index (χ1v) is 21.8. The summed E-state index contributed by atoms with van der Waals surface area (Å²) in [6.45, 7) is 18.5. The Bertz CT molecular complexity index is 1750. The van der Waals surface area contributed by atoms with Crippen LogP contribution in [0.1, 0.15) is 112 Å². The minimum absolute atomic E-state index is 0.123. The van der Waals surface area contributed by atoms with E-state index in [1.807, 2.05) is 82.3 Å². The van der Waals surface area contributed by atoms with Crippen molar-refractivity contribution in [2.24, 2.45) is 5.92 Å². The van der Waals surface area contributed by atoms with Crippen LogP contribution >= 0.6 is 0 Å². The van der Waals surface area contributed by atoms with E-state index >= 15 is 0 Å². The van der Waals surface area contributed by atoms with Gasteiger partial charge in [-0.1, -0.05) is 55.8 Å². The molecule has 6 amide bonds. The van der Waals surface area contributed by atoms with Gasteiger partial charge in [-0.25, -0.2) is 19.2 Å². The zero-order chi connectivity index (χ0) is 47.4. The predicted octanol–water partition coefficient (Wildman–Crippen LogP) is 6.74. The molecule has 0 aliphatic carbocycles. The molecule has 0 aliphatic heterocycles. The molecule has 0 saturated heterocycles.